The van der Waals surface area contributed by atoms with Crippen LogP contribution >= 0.6 is 0 Å². The first-order chi connectivity index (χ1) is 9.42. The number of pyridine rings is 1. The van der Waals surface area contributed by atoms with Gasteiger partial charge in [0.2, 0.25) is 0 Å². The molecular weight excluding hydrogens is 234 g/mol. The number of fused-ring (bicyclic) bond motifs is 2. The van der Waals surface area contributed by atoms with Gasteiger partial charge in [0.15, 0.2) is 0 Å². The van der Waals surface area contributed by atoms with E-state index in [0.29, 0.717) is 0 Å². The van der Waals surface area contributed by atoms with Crippen LogP contribution in [0.15, 0.2) is 24.7 Å². The molecule has 0 aliphatic carbocycles. The van der Waals surface area contributed by atoms with Gasteiger partial charge in [0, 0.05) is 35.5 Å². The van der Waals surface area contributed by atoms with Crippen LogP contribution < -0.4 is 0 Å². The lowest BCUT2D eigenvalue weighted by molar-refractivity contribution is 0.0977. The van der Waals surface area contributed by atoms with Crippen LogP contribution in [-0.4, -0.2) is 34.0 Å². The van der Waals surface area contributed by atoms with Crippen molar-refractivity contribution >= 4 is 10.9 Å². The van der Waals surface area contributed by atoms with E-state index in [2.05, 4.69) is 27.1 Å². The van der Waals surface area contributed by atoms with E-state index >= 15 is 0 Å². The Bertz CT molecular complexity index is 574. The van der Waals surface area contributed by atoms with E-state index in [9.17, 15) is 0 Å². The van der Waals surface area contributed by atoms with Crippen molar-refractivity contribution in [3.05, 3.63) is 30.2 Å². The highest BCUT2D eigenvalue weighted by atomic mass is 15.2. The van der Waals surface area contributed by atoms with Gasteiger partial charge in [0.25, 0.3) is 0 Å². The molecule has 2 fully saturated rings. The number of hydrogen-bond acceptors (Lipinski definition) is 2. The summed E-state index contributed by atoms with van der Waals surface area (Å²) in [5, 5.41) is 1.33. The van der Waals surface area contributed by atoms with Gasteiger partial charge >= 0.3 is 0 Å². The van der Waals surface area contributed by atoms with Gasteiger partial charge in [-0.25, -0.2) is 0 Å². The fraction of sp³-hybridized carbons (Fsp3) is 0.562. The molecule has 0 amide bonds. The SMILES string of the molecule is c1cc2[nH]cc(C3CCN4CCCCC4C3)c2cn1. The highest BCUT2D eigenvalue weighted by molar-refractivity contribution is 5.82. The van der Waals surface area contributed by atoms with Crippen molar-refractivity contribution in [3.63, 3.8) is 0 Å². The van der Waals surface area contributed by atoms with E-state index in [1.165, 1.54) is 61.7 Å². The fourth-order valence-electron chi connectivity index (χ4n) is 3.99. The third-order valence-electron chi connectivity index (χ3n) is 5.03. The standard InChI is InChI=1S/C16H21N3/c1-2-7-19-8-5-12(9-13(19)3-1)14-11-18-16-4-6-17-10-15(14)16/h4,6,10-13,18H,1-3,5,7-9H2. The Hall–Kier alpha value is -1.35. The lowest BCUT2D eigenvalue weighted by atomic mass is 9.82. The highest BCUT2D eigenvalue weighted by Crippen LogP contribution is 2.37. The van der Waals surface area contributed by atoms with Gasteiger partial charge in [-0.05, 0) is 56.3 Å². The summed E-state index contributed by atoms with van der Waals surface area (Å²) < 4.78 is 0. The van der Waals surface area contributed by atoms with E-state index in [1.807, 2.05) is 12.4 Å². The Morgan fingerprint density at radius 1 is 1.21 bits per heavy atom. The Labute approximate surface area is 114 Å². The molecule has 2 aromatic rings. The molecule has 100 valence electrons. The molecule has 3 heteroatoms. The molecule has 0 radical (unpaired) electrons. The first-order valence-corrected chi connectivity index (χ1v) is 7.57. The van der Waals surface area contributed by atoms with Crippen LogP contribution in [0.5, 0.6) is 0 Å². The van der Waals surface area contributed by atoms with Crippen LogP contribution in [0, 0.1) is 0 Å². The molecule has 0 bridgehead atoms. The van der Waals surface area contributed by atoms with Crippen LogP contribution in [0.25, 0.3) is 10.9 Å². The normalized spacial score (nSPS) is 28.4. The zero-order valence-electron chi connectivity index (χ0n) is 11.3. The minimum Gasteiger partial charge on any atom is -0.361 e. The molecule has 3 nitrogen and oxygen atoms in total. The molecule has 4 heterocycles. The molecule has 4 rings (SSSR count). The summed E-state index contributed by atoms with van der Waals surface area (Å²) in [4.78, 5) is 10.4. The number of piperidine rings is 2. The molecule has 19 heavy (non-hydrogen) atoms. The van der Waals surface area contributed by atoms with Gasteiger partial charge in [-0.15, -0.1) is 0 Å². The number of aromatic nitrogens is 2. The average molecular weight is 255 g/mol. The molecule has 2 aliphatic rings. The first-order valence-electron chi connectivity index (χ1n) is 7.57. The van der Waals surface area contributed by atoms with Crippen LogP contribution in [0.3, 0.4) is 0 Å². The number of H-pyrrole nitrogens is 1. The van der Waals surface area contributed by atoms with Gasteiger partial charge in [-0.2, -0.15) is 0 Å². The maximum atomic E-state index is 4.29. The van der Waals surface area contributed by atoms with Crippen LogP contribution in [-0.2, 0) is 0 Å². The lowest BCUT2D eigenvalue weighted by Gasteiger charge is -2.42. The Morgan fingerprint density at radius 2 is 2.21 bits per heavy atom. The average Bonchev–Trinajstić information content (AvgIpc) is 2.91. The molecule has 0 saturated carbocycles. The number of nitrogens with one attached hydrogen (secondary N) is 1. The van der Waals surface area contributed by atoms with E-state index in [-0.39, 0.29) is 0 Å². The molecule has 0 aromatic carbocycles. The molecule has 2 atom stereocenters. The van der Waals surface area contributed by atoms with Crippen molar-refractivity contribution in [2.24, 2.45) is 0 Å². The molecule has 2 aromatic heterocycles. The van der Waals surface area contributed by atoms with Gasteiger partial charge in [0.1, 0.15) is 0 Å². The van der Waals surface area contributed by atoms with Gasteiger partial charge in [0.05, 0.1) is 0 Å². The summed E-state index contributed by atoms with van der Waals surface area (Å²) in [7, 11) is 0. The second kappa shape index (κ2) is 4.64. The fourth-order valence-corrected chi connectivity index (χ4v) is 3.99. The van der Waals surface area contributed by atoms with Gasteiger partial charge in [-0.1, -0.05) is 6.42 Å². The van der Waals surface area contributed by atoms with E-state index in [4.69, 9.17) is 0 Å². The smallest absolute Gasteiger partial charge is 0.0487 e. The van der Waals surface area contributed by atoms with Crippen molar-refractivity contribution in [2.45, 2.75) is 44.1 Å². The van der Waals surface area contributed by atoms with E-state index in [1.54, 1.807) is 0 Å². The van der Waals surface area contributed by atoms with Crippen molar-refractivity contribution < 1.29 is 0 Å². The second-order valence-electron chi connectivity index (χ2n) is 6.07. The van der Waals surface area contributed by atoms with E-state index in [0.717, 1.165) is 12.0 Å². The largest absolute Gasteiger partial charge is 0.361 e. The number of aromatic amines is 1. The minimum atomic E-state index is 0.720. The predicted octanol–water partition coefficient (Wildman–Crippen LogP) is 3.29. The number of nitrogens with zero attached hydrogens (tertiary/aromatic N) is 2. The van der Waals surface area contributed by atoms with Crippen LogP contribution in [0.2, 0.25) is 0 Å². The molecule has 0 spiro atoms. The topological polar surface area (TPSA) is 31.9 Å². The summed E-state index contributed by atoms with van der Waals surface area (Å²) in [6.07, 6.45) is 13.0. The quantitative estimate of drug-likeness (QED) is 0.848. The maximum absolute atomic E-state index is 4.29. The monoisotopic (exact) mass is 255 g/mol. The van der Waals surface area contributed by atoms with Crippen molar-refractivity contribution in [3.8, 4) is 0 Å². The summed E-state index contributed by atoms with van der Waals surface area (Å²) in [5.74, 6) is 0.720. The summed E-state index contributed by atoms with van der Waals surface area (Å²) >= 11 is 0. The molecule has 1 N–H and O–H groups in total. The number of rotatable bonds is 1. The highest BCUT2D eigenvalue weighted by Gasteiger charge is 2.31. The Balaban J connectivity index is 1.62. The lowest BCUT2D eigenvalue weighted by Crippen LogP contribution is -2.44. The molecule has 2 saturated heterocycles. The minimum absolute atomic E-state index is 0.720. The van der Waals surface area contributed by atoms with Crippen molar-refractivity contribution in [1.82, 2.24) is 14.9 Å². The predicted molar refractivity (Wildman–Crippen MR) is 77.3 cm³/mol. The summed E-state index contributed by atoms with van der Waals surface area (Å²) in [6, 6.07) is 2.91. The zero-order chi connectivity index (χ0) is 12.7. The number of hydrogen-bond donors (Lipinski definition) is 1. The van der Waals surface area contributed by atoms with Crippen molar-refractivity contribution in [1.29, 1.82) is 0 Å². The van der Waals surface area contributed by atoms with Gasteiger partial charge in [-0.3, -0.25) is 4.98 Å². The van der Waals surface area contributed by atoms with Gasteiger partial charge < -0.3 is 9.88 Å². The molecule has 2 aliphatic heterocycles. The second-order valence-corrected chi connectivity index (χ2v) is 6.07. The third kappa shape index (κ3) is 1.96. The molecular formula is C16H21N3. The van der Waals surface area contributed by atoms with Crippen LogP contribution in [0.1, 0.15) is 43.6 Å². The van der Waals surface area contributed by atoms with Crippen LogP contribution in [0.4, 0.5) is 0 Å². The van der Waals surface area contributed by atoms with E-state index < -0.39 is 0 Å². The maximum Gasteiger partial charge on any atom is 0.0487 e. The Morgan fingerprint density at radius 3 is 3.21 bits per heavy atom. The molecule has 2 unspecified atom stereocenters. The zero-order valence-corrected chi connectivity index (χ0v) is 11.3. The Kier molecular flexibility index (Phi) is 2.80. The summed E-state index contributed by atoms with van der Waals surface area (Å²) in [5.41, 5.74) is 2.73. The van der Waals surface area contributed by atoms with Crippen molar-refractivity contribution in [2.75, 3.05) is 13.1 Å². The first kappa shape index (κ1) is 11.5. The third-order valence-corrected chi connectivity index (χ3v) is 5.03. The summed E-state index contributed by atoms with van der Waals surface area (Å²) in [6.45, 7) is 2.61.